The summed E-state index contributed by atoms with van der Waals surface area (Å²) in [6.45, 7) is 0.401. The van der Waals surface area contributed by atoms with Crippen molar-refractivity contribution in [2.75, 3.05) is 18.8 Å². The molecular weight excluding hydrogens is 334 g/mol. The summed E-state index contributed by atoms with van der Waals surface area (Å²) in [4.78, 5) is 11.1. The van der Waals surface area contributed by atoms with Crippen molar-refractivity contribution in [3.8, 4) is 0 Å². The minimum atomic E-state index is -3.67. The molecule has 19 heavy (non-hydrogen) atoms. The van der Waals surface area contributed by atoms with Crippen molar-refractivity contribution in [3.05, 3.63) is 22.7 Å². The maximum Gasteiger partial charge on any atom is 0.245 e. The molecule has 1 aromatic carbocycles. The highest BCUT2D eigenvalue weighted by Gasteiger charge is 2.35. The van der Waals surface area contributed by atoms with Gasteiger partial charge in [0.2, 0.25) is 15.9 Å². The third-order valence-electron chi connectivity index (χ3n) is 3.14. The molecule has 2 rings (SSSR count). The summed E-state index contributed by atoms with van der Waals surface area (Å²) in [5, 5.41) is 0. The fraction of sp³-hybridized carbons (Fsp3) is 0.364. The number of nitrogens with two attached hydrogens (primary N) is 2. The van der Waals surface area contributed by atoms with Crippen LogP contribution in [0.15, 0.2) is 27.6 Å². The number of hydrogen-bond acceptors (Lipinski definition) is 4. The number of nitrogen functional groups attached to an aromatic ring is 1. The van der Waals surface area contributed by atoms with Gasteiger partial charge in [0.05, 0.1) is 11.6 Å². The summed E-state index contributed by atoms with van der Waals surface area (Å²) in [6.07, 6.45) is 0.449. The number of benzene rings is 1. The van der Waals surface area contributed by atoms with Crippen LogP contribution >= 0.6 is 15.9 Å². The highest BCUT2D eigenvalue weighted by molar-refractivity contribution is 9.10. The fourth-order valence-electron chi connectivity index (χ4n) is 2.07. The van der Waals surface area contributed by atoms with Crippen LogP contribution in [0.25, 0.3) is 0 Å². The molecule has 8 heteroatoms. The van der Waals surface area contributed by atoms with Crippen LogP contribution in [-0.2, 0) is 14.8 Å². The third kappa shape index (κ3) is 2.75. The van der Waals surface area contributed by atoms with Crippen LogP contribution in [0.5, 0.6) is 0 Å². The minimum Gasteiger partial charge on any atom is -0.398 e. The van der Waals surface area contributed by atoms with E-state index in [9.17, 15) is 13.2 Å². The highest BCUT2D eigenvalue weighted by atomic mass is 79.9. The summed E-state index contributed by atoms with van der Waals surface area (Å²) >= 11 is 3.23. The van der Waals surface area contributed by atoms with Gasteiger partial charge >= 0.3 is 0 Å². The van der Waals surface area contributed by atoms with Gasteiger partial charge in [-0.15, -0.1) is 0 Å². The van der Waals surface area contributed by atoms with Crippen molar-refractivity contribution >= 4 is 37.5 Å². The summed E-state index contributed by atoms with van der Waals surface area (Å²) in [6, 6.07) is 4.60. The molecule has 0 aliphatic carbocycles. The maximum absolute atomic E-state index is 12.4. The van der Waals surface area contributed by atoms with Gasteiger partial charge in [0.1, 0.15) is 4.90 Å². The Bertz CT molecular complexity index is 618. The first-order valence-corrected chi connectivity index (χ1v) is 7.90. The first kappa shape index (κ1) is 14.3. The Morgan fingerprint density at radius 1 is 1.42 bits per heavy atom. The molecule has 1 amide bonds. The molecule has 1 aliphatic heterocycles. The molecular formula is C11H14BrN3O3S. The van der Waals surface area contributed by atoms with Gasteiger partial charge < -0.3 is 11.5 Å². The second kappa shape index (κ2) is 5.10. The van der Waals surface area contributed by atoms with E-state index in [1.807, 2.05) is 0 Å². The normalized spacial score (nSPS) is 20.6. The van der Waals surface area contributed by atoms with E-state index in [0.717, 1.165) is 0 Å². The lowest BCUT2D eigenvalue weighted by Crippen LogP contribution is -2.32. The predicted molar refractivity (Wildman–Crippen MR) is 74.6 cm³/mol. The molecule has 0 saturated carbocycles. The Labute approximate surface area is 119 Å². The van der Waals surface area contributed by atoms with Crippen LogP contribution in [0.2, 0.25) is 0 Å². The summed E-state index contributed by atoms with van der Waals surface area (Å²) in [5.41, 5.74) is 11.1. The van der Waals surface area contributed by atoms with E-state index in [2.05, 4.69) is 15.9 Å². The molecule has 1 unspecified atom stereocenters. The number of primary amides is 1. The zero-order valence-corrected chi connectivity index (χ0v) is 12.4. The van der Waals surface area contributed by atoms with E-state index < -0.39 is 21.8 Å². The number of carbonyl (C=O) groups is 1. The first-order valence-electron chi connectivity index (χ1n) is 5.67. The van der Waals surface area contributed by atoms with Crippen molar-refractivity contribution in [3.63, 3.8) is 0 Å². The largest absolute Gasteiger partial charge is 0.398 e. The Morgan fingerprint density at radius 2 is 2.11 bits per heavy atom. The standard InChI is InChI=1S/C11H14BrN3O3S/c12-8-1-2-10(9(13)5-8)19(17,18)15-4-3-7(6-15)11(14)16/h1-2,5,7H,3-4,6,13H2,(H2,14,16). The zero-order chi connectivity index (χ0) is 14.2. The lowest BCUT2D eigenvalue weighted by Gasteiger charge is -2.17. The van der Waals surface area contributed by atoms with Crippen LogP contribution in [0.4, 0.5) is 5.69 Å². The maximum atomic E-state index is 12.4. The van der Waals surface area contributed by atoms with Gasteiger partial charge in [-0.1, -0.05) is 15.9 Å². The number of hydrogen-bond donors (Lipinski definition) is 2. The monoisotopic (exact) mass is 347 g/mol. The van der Waals surface area contributed by atoms with E-state index >= 15 is 0 Å². The fourth-order valence-corrected chi connectivity index (χ4v) is 4.05. The van der Waals surface area contributed by atoms with Crippen LogP contribution in [-0.4, -0.2) is 31.7 Å². The second-order valence-corrected chi connectivity index (χ2v) is 7.26. The van der Waals surface area contributed by atoms with Gasteiger partial charge in [0.15, 0.2) is 0 Å². The number of carbonyl (C=O) groups excluding carboxylic acids is 1. The predicted octanol–water partition coefficient (Wildman–Crippen LogP) is 0.527. The average Bonchev–Trinajstić information content (AvgIpc) is 2.78. The molecule has 1 fully saturated rings. The molecule has 0 radical (unpaired) electrons. The molecule has 1 aromatic rings. The molecule has 1 atom stereocenters. The van der Waals surface area contributed by atoms with Crippen molar-refractivity contribution in [1.29, 1.82) is 0 Å². The number of nitrogens with zero attached hydrogens (tertiary/aromatic N) is 1. The topological polar surface area (TPSA) is 106 Å². The number of rotatable bonds is 3. The molecule has 0 bridgehead atoms. The smallest absolute Gasteiger partial charge is 0.245 e. The summed E-state index contributed by atoms with van der Waals surface area (Å²) < 4.78 is 26.8. The Balaban J connectivity index is 2.31. The van der Waals surface area contributed by atoms with E-state index in [1.165, 1.54) is 16.4 Å². The third-order valence-corrected chi connectivity index (χ3v) is 5.58. The van der Waals surface area contributed by atoms with E-state index in [1.54, 1.807) is 6.07 Å². The molecule has 4 N–H and O–H groups in total. The zero-order valence-electron chi connectivity index (χ0n) is 10.0. The van der Waals surface area contributed by atoms with Gasteiger partial charge in [0, 0.05) is 17.6 Å². The number of sulfonamides is 1. The summed E-state index contributed by atoms with van der Waals surface area (Å²) in [5.74, 6) is -0.895. The van der Waals surface area contributed by atoms with Crippen molar-refractivity contribution in [2.24, 2.45) is 11.7 Å². The second-order valence-electron chi connectivity index (χ2n) is 4.43. The van der Waals surface area contributed by atoms with Crippen molar-refractivity contribution in [1.82, 2.24) is 4.31 Å². The van der Waals surface area contributed by atoms with Gasteiger partial charge in [-0.2, -0.15) is 4.31 Å². The van der Waals surface area contributed by atoms with Gasteiger partial charge in [-0.05, 0) is 24.6 Å². The van der Waals surface area contributed by atoms with Crippen LogP contribution in [0.1, 0.15) is 6.42 Å². The number of amides is 1. The lowest BCUT2D eigenvalue weighted by molar-refractivity contribution is -0.121. The van der Waals surface area contributed by atoms with Crippen LogP contribution in [0.3, 0.4) is 0 Å². The van der Waals surface area contributed by atoms with Crippen molar-refractivity contribution in [2.45, 2.75) is 11.3 Å². The average molecular weight is 348 g/mol. The van der Waals surface area contributed by atoms with E-state index in [4.69, 9.17) is 11.5 Å². The quantitative estimate of drug-likeness (QED) is 0.777. The molecule has 104 valence electrons. The van der Waals surface area contributed by atoms with E-state index in [0.29, 0.717) is 10.9 Å². The molecule has 1 aliphatic rings. The number of anilines is 1. The van der Waals surface area contributed by atoms with E-state index in [-0.39, 0.29) is 23.7 Å². The van der Waals surface area contributed by atoms with Crippen LogP contribution in [0, 0.1) is 5.92 Å². The number of halogens is 1. The van der Waals surface area contributed by atoms with Crippen molar-refractivity contribution < 1.29 is 13.2 Å². The van der Waals surface area contributed by atoms with Gasteiger partial charge in [-0.3, -0.25) is 4.79 Å². The molecule has 6 nitrogen and oxygen atoms in total. The molecule has 0 aromatic heterocycles. The minimum absolute atomic E-state index is 0.0563. The lowest BCUT2D eigenvalue weighted by atomic mass is 10.1. The van der Waals surface area contributed by atoms with Gasteiger partial charge in [-0.25, -0.2) is 8.42 Å². The molecule has 1 heterocycles. The molecule has 0 spiro atoms. The Kier molecular flexibility index (Phi) is 3.84. The van der Waals surface area contributed by atoms with Crippen LogP contribution < -0.4 is 11.5 Å². The first-order chi connectivity index (χ1) is 8.82. The Hall–Kier alpha value is -1.12. The molecule has 1 saturated heterocycles. The highest BCUT2D eigenvalue weighted by Crippen LogP contribution is 2.29. The SMILES string of the molecule is NC(=O)C1CCN(S(=O)(=O)c2ccc(Br)cc2N)C1. The Morgan fingerprint density at radius 3 is 2.63 bits per heavy atom. The van der Waals surface area contributed by atoms with Gasteiger partial charge in [0.25, 0.3) is 0 Å². The summed E-state index contributed by atoms with van der Waals surface area (Å²) in [7, 11) is -3.67.